The van der Waals surface area contributed by atoms with Gasteiger partial charge in [-0.05, 0) is 31.5 Å². The van der Waals surface area contributed by atoms with Gasteiger partial charge in [0.15, 0.2) is 0 Å². The van der Waals surface area contributed by atoms with Gasteiger partial charge < -0.3 is 9.84 Å². The molecule has 130 valence electrons. The first-order valence-electron chi connectivity index (χ1n) is 6.10. The SMILES string of the molecule is Cc1cc(OC[C@H](C)NS(=O)(=O)C(F)(F)F)cc(C(=O)O)c1Cl. The molecule has 0 amide bonds. The largest absolute Gasteiger partial charge is 0.511 e. The lowest BCUT2D eigenvalue weighted by molar-refractivity contribution is -0.0451. The summed E-state index contributed by atoms with van der Waals surface area (Å²) in [5.74, 6) is -1.25. The number of hydrogen-bond donors (Lipinski definition) is 2. The summed E-state index contributed by atoms with van der Waals surface area (Å²) in [5.41, 5.74) is -5.26. The van der Waals surface area contributed by atoms with E-state index in [2.05, 4.69) is 0 Å². The third kappa shape index (κ3) is 4.98. The number of aryl methyl sites for hydroxylation is 1. The summed E-state index contributed by atoms with van der Waals surface area (Å²) in [6, 6.07) is 1.30. The van der Waals surface area contributed by atoms with Crippen LogP contribution in [-0.2, 0) is 10.0 Å². The van der Waals surface area contributed by atoms with Gasteiger partial charge in [0.05, 0.1) is 16.6 Å². The predicted octanol–water partition coefficient (Wildman–Crippen LogP) is 2.55. The van der Waals surface area contributed by atoms with E-state index in [9.17, 15) is 26.4 Å². The minimum atomic E-state index is -5.48. The molecule has 11 heteroatoms. The molecule has 0 unspecified atom stereocenters. The molecule has 0 spiro atoms. The van der Waals surface area contributed by atoms with Gasteiger partial charge in [-0.25, -0.2) is 17.9 Å². The van der Waals surface area contributed by atoms with Crippen LogP contribution in [0.2, 0.25) is 5.02 Å². The number of carboxylic acids is 1. The van der Waals surface area contributed by atoms with Crippen LogP contribution in [-0.4, -0.2) is 37.7 Å². The van der Waals surface area contributed by atoms with E-state index in [1.807, 2.05) is 0 Å². The van der Waals surface area contributed by atoms with Crippen LogP contribution < -0.4 is 9.46 Å². The highest BCUT2D eigenvalue weighted by Crippen LogP contribution is 2.27. The second-order valence-corrected chi connectivity index (χ2v) is 6.77. The summed E-state index contributed by atoms with van der Waals surface area (Å²) in [5, 5.41) is 8.99. The number of hydrogen-bond acceptors (Lipinski definition) is 4. The lowest BCUT2D eigenvalue weighted by atomic mass is 10.1. The molecule has 0 saturated carbocycles. The first-order chi connectivity index (χ1) is 10.3. The number of nitrogens with one attached hydrogen (secondary N) is 1. The third-order valence-electron chi connectivity index (χ3n) is 2.62. The van der Waals surface area contributed by atoms with Crippen LogP contribution in [0.4, 0.5) is 13.2 Å². The van der Waals surface area contributed by atoms with E-state index in [0.29, 0.717) is 5.56 Å². The summed E-state index contributed by atoms with van der Waals surface area (Å²) in [7, 11) is -5.48. The highest BCUT2D eigenvalue weighted by Gasteiger charge is 2.46. The van der Waals surface area contributed by atoms with Crippen molar-refractivity contribution in [3.05, 3.63) is 28.3 Å². The highest BCUT2D eigenvalue weighted by molar-refractivity contribution is 7.90. The number of carboxylic acid groups (broad SMARTS) is 1. The van der Waals surface area contributed by atoms with E-state index >= 15 is 0 Å². The summed E-state index contributed by atoms with van der Waals surface area (Å²) >= 11 is 5.81. The number of benzene rings is 1. The zero-order chi connectivity index (χ0) is 18.0. The van der Waals surface area contributed by atoms with E-state index in [1.54, 1.807) is 0 Å². The van der Waals surface area contributed by atoms with Gasteiger partial charge in [0.2, 0.25) is 0 Å². The van der Waals surface area contributed by atoms with Gasteiger partial charge in [0.25, 0.3) is 0 Å². The summed E-state index contributed by atoms with van der Waals surface area (Å²) in [6.07, 6.45) is 0. The molecular weight excluding hydrogens is 363 g/mol. The number of aromatic carboxylic acids is 1. The van der Waals surface area contributed by atoms with E-state index in [-0.39, 0.29) is 16.3 Å². The zero-order valence-corrected chi connectivity index (χ0v) is 13.5. The average Bonchev–Trinajstić information content (AvgIpc) is 2.37. The van der Waals surface area contributed by atoms with E-state index < -0.39 is 34.1 Å². The van der Waals surface area contributed by atoms with Gasteiger partial charge in [0.1, 0.15) is 12.4 Å². The monoisotopic (exact) mass is 375 g/mol. The molecule has 0 radical (unpaired) electrons. The molecule has 0 fully saturated rings. The average molecular weight is 376 g/mol. The summed E-state index contributed by atoms with van der Waals surface area (Å²) in [6.45, 7) is 2.26. The van der Waals surface area contributed by atoms with Gasteiger partial charge in [-0.15, -0.1) is 0 Å². The Labute approximate surface area is 135 Å². The molecule has 0 heterocycles. The fraction of sp³-hybridized carbons (Fsp3) is 0.417. The van der Waals surface area contributed by atoms with Crippen LogP contribution in [0, 0.1) is 6.92 Å². The van der Waals surface area contributed by atoms with Gasteiger partial charge in [-0.3, -0.25) is 0 Å². The van der Waals surface area contributed by atoms with Crippen molar-refractivity contribution < 1.29 is 36.2 Å². The lowest BCUT2D eigenvalue weighted by Crippen LogP contribution is -2.43. The van der Waals surface area contributed by atoms with Crippen LogP contribution >= 0.6 is 11.6 Å². The second-order valence-electron chi connectivity index (χ2n) is 4.69. The number of alkyl halides is 3. The van der Waals surface area contributed by atoms with Crippen molar-refractivity contribution in [2.45, 2.75) is 25.4 Å². The Kier molecular flexibility index (Phi) is 5.89. The maximum atomic E-state index is 12.2. The third-order valence-corrected chi connectivity index (χ3v) is 4.44. The standard InChI is InChI=1S/C12H13ClF3NO5S/c1-6-3-8(4-9(10(6)13)11(18)19)22-5-7(2)17-23(20,21)12(14,15)16/h3-4,7,17H,5H2,1-2H3,(H,18,19)/t7-/m0/s1. The number of carbonyl (C=O) groups is 1. The van der Waals surface area contributed by atoms with E-state index in [1.165, 1.54) is 24.6 Å². The maximum absolute atomic E-state index is 12.2. The molecule has 0 aliphatic carbocycles. The first kappa shape index (κ1) is 19.5. The first-order valence-corrected chi connectivity index (χ1v) is 7.96. The normalized spacial score (nSPS) is 13.7. The fourth-order valence-corrected chi connectivity index (χ4v) is 2.48. The smallest absolute Gasteiger partial charge is 0.492 e. The van der Waals surface area contributed by atoms with Crippen molar-refractivity contribution in [1.29, 1.82) is 0 Å². The Morgan fingerprint density at radius 2 is 2.00 bits per heavy atom. The maximum Gasteiger partial charge on any atom is 0.511 e. The van der Waals surface area contributed by atoms with Crippen LogP contribution in [0.5, 0.6) is 5.75 Å². The molecule has 23 heavy (non-hydrogen) atoms. The molecule has 0 aromatic heterocycles. The molecule has 0 saturated heterocycles. The van der Waals surface area contributed by atoms with Crippen molar-refractivity contribution in [2.75, 3.05) is 6.61 Å². The highest BCUT2D eigenvalue weighted by atomic mass is 35.5. The van der Waals surface area contributed by atoms with Crippen LogP contribution in [0.3, 0.4) is 0 Å². The van der Waals surface area contributed by atoms with Gasteiger partial charge in [0, 0.05) is 0 Å². The molecule has 1 atom stereocenters. The number of halogens is 4. The van der Waals surface area contributed by atoms with Gasteiger partial charge >= 0.3 is 21.5 Å². The molecule has 0 aliphatic heterocycles. The summed E-state index contributed by atoms with van der Waals surface area (Å²) < 4.78 is 65.1. The van der Waals surface area contributed by atoms with Gasteiger partial charge in [-0.2, -0.15) is 13.2 Å². The van der Waals surface area contributed by atoms with Gasteiger partial charge in [-0.1, -0.05) is 11.6 Å². The summed E-state index contributed by atoms with van der Waals surface area (Å²) in [4.78, 5) is 11.0. The molecule has 6 nitrogen and oxygen atoms in total. The Bertz CT molecular complexity index is 705. The molecule has 2 N–H and O–H groups in total. The Morgan fingerprint density at radius 1 is 1.43 bits per heavy atom. The molecule has 1 aromatic carbocycles. The predicted molar refractivity (Wildman–Crippen MR) is 76.2 cm³/mol. The van der Waals surface area contributed by atoms with Crippen LogP contribution in [0.25, 0.3) is 0 Å². The molecule has 0 bridgehead atoms. The fourth-order valence-electron chi connectivity index (χ4n) is 1.56. The quantitative estimate of drug-likeness (QED) is 0.797. The number of ether oxygens (including phenoxy) is 1. The van der Waals surface area contributed by atoms with Crippen molar-refractivity contribution in [3.8, 4) is 5.75 Å². The van der Waals surface area contributed by atoms with Crippen molar-refractivity contribution in [3.63, 3.8) is 0 Å². The number of sulfonamides is 1. The molecular formula is C12H13ClF3NO5S. The van der Waals surface area contributed by atoms with E-state index in [0.717, 1.165) is 6.07 Å². The van der Waals surface area contributed by atoms with Crippen molar-refractivity contribution >= 4 is 27.6 Å². The van der Waals surface area contributed by atoms with Crippen LogP contribution in [0.15, 0.2) is 12.1 Å². The van der Waals surface area contributed by atoms with Crippen molar-refractivity contribution in [2.24, 2.45) is 0 Å². The molecule has 1 rings (SSSR count). The topological polar surface area (TPSA) is 92.7 Å². The minimum Gasteiger partial charge on any atom is -0.492 e. The molecule has 1 aromatic rings. The minimum absolute atomic E-state index is 0.00988. The Balaban J connectivity index is 2.82. The van der Waals surface area contributed by atoms with Crippen molar-refractivity contribution in [1.82, 2.24) is 4.72 Å². The van der Waals surface area contributed by atoms with Crippen LogP contribution in [0.1, 0.15) is 22.8 Å². The Hall–Kier alpha value is -1.52. The van der Waals surface area contributed by atoms with E-state index in [4.69, 9.17) is 21.4 Å². The lowest BCUT2D eigenvalue weighted by Gasteiger charge is -2.17. The second kappa shape index (κ2) is 6.93. The molecule has 0 aliphatic rings. The zero-order valence-electron chi connectivity index (χ0n) is 11.9. The number of rotatable bonds is 6. The Morgan fingerprint density at radius 3 is 2.48 bits per heavy atom.